The summed E-state index contributed by atoms with van der Waals surface area (Å²) in [6.45, 7) is 4.24. The highest BCUT2D eigenvalue weighted by atomic mass is 32.2. The molecule has 2 unspecified atom stereocenters. The van der Waals surface area contributed by atoms with Crippen LogP contribution in [0.25, 0.3) is 0 Å². The Labute approximate surface area is 53.8 Å². The van der Waals surface area contributed by atoms with Crippen LogP contribution in [-0.2, 0) is 4.79 Å². The minimum Gasteiger partial charge on any atom is -0.287 e. The van der Waals surface area contributed by atoms with Crippen molar-refractivity contribution in [2.75, 3.05) is 0 Å². The van der Waals surface area contributed by atoms with E-state index in [1.54, 1.807) is 0 Å². The Hall–Kier alpha value is 0.0200. The summed E-state index contributed by atoms with van der Waals surface area (Å²) in [6, 6.07) is 0. The molecule has 0 aliphatic carbocycles. The first-order valence-electron chi connectivity index (χ1n) is 2.89. The molecular weight excluding hydrogens is 120 g/mol. The van der Waals surface area contributed by atoms with E-state index in [1.165, 1.54) is 11.8 Å². The van der Waals surface area contributed by atoms with Gasteiger partial charge in [-0.25, -0.2) is 0 Å². The van der Waals surface area contributed by atoms with E-state index >= 15 is 0 Å². The van der Waals surface area contributed by atoms with Crippen molar-refractivity contribution >= 4 is 16.9 Å². The van der Waals surface area contributed by atoms with E-state index in [-0.39, 0.29) is 0 Å². The highest BCUT2D eigenvalue weighted by molar-refractivity contribution is 8.14. The first-order valence-corrected chi connectivity index (χ1v) is 3.77. The lowest BCUT2D eigenvalue weighted by Gasteiger charge is -2.02. The van der Waals surface area contributed by atoms with E-state index in [1.807, 2.05) is 0 Å². The van der Waals surface area contributed by atoms with E-state index in [0.29, 0.717) is 16.3 Å². The third-order valence-corrected chi connectivity index (χ3v) is 2.87. The summed E-state index contributed by atoms with van der Waals surface area (Å²) in [4.78, 5) is 10.6. The molecule has 8 heavy (non-hydrogen) atoms. The predicted octanol–water partition coefficient (Wildman–Crippen LogP) is 1.67. The second-order valence-corrected chi connectivity index (χ2v) is 3.81. The van der Waals surface area contributed by atoms with E-state index in [2.05, 4.69) is 13.8 Å². The maximum Gasteiger partial charge on any atom is 0.189 e. The molecule has 0 N–H and O–H groups in total. The molecule has 1 rings (SSSR count). The molecule has 46 valence electrons. The summed E-state index contributed by atoms with van der Waals surface area (Å²) in [5.74, 6) is 0.604. The first kappa shape index (κ1) is 6.14. The van der Waals surface area contributed by atoms with Crippen molar-refractivity contribution in [3.8, 4) is 0 Å². The van der Waals surface area contributed by atoms with Crippen LogP contribution in [0.15, 0.2) is 0 Å². The molecule has 0 aromatic carbocycles. The van der Waals surface area contributed by atoms with Gasteiger partial charge in [-0.1, -0.05) is 25.6 Å². The lowest BCUT2D eigenvalue weighted by molar-refractivity contribution is -0.110. The fraction of sp³-hybridized carbons (Fsp3) is 0.833. The van der Waals surface area contributed by atoms with E-state index in [9.17, 15) is 4.79 Å². The monoisotopic (exact) mass is 130 g/mol. The van der Waals surface area contributed by atoms with E-state index < -0.39 is 0 Å². The summed E-state index contributed by atoms with van der Waals surface area (Å²) < 4.78 is 0. The fourth-order valence-corrected chi connectivity index (χ4v) is 1.90. The molecule has 0 spiro atoms. The molecule has 1 saturated heterocycles. The number of hydrogen-bond acceptors (Lipinski definition) is 2. The SMILES string of the molecule is CC1CC(=O)SC1C. The van der Waals surface area contributed by atoms with Crippen molar-refractivity contribution in [1.82, 2.24) is 0 Å². The Morgan fingerprint density at radius 2 is 2.25 bits per heavy atom. The highest BCUT2D eigenvalue weighted by Gasteiger charge is 2.26. The van der Waals surface area contributed by atoms with Gasteiger partial charge in [0, 0.05) is 11.7 Å². The Morgan fingerprint density at radius 1 is 1.62 bits per heavy atom. The molecule has 1 fully saturated rings. The molecule has 0 aromatic heterocycles. The summed E-state index contributed by atoms with van der Waals surface area (Å²) >= 11 is 1.49. The van der Waals surface area contributed by atoms with Crippen LogP contribution in [-0.4, -0.2) is 10.4 Å². The number of hydrogen-bond donors (Lipinski definition) is 0. The standard InChI is InChI=1S/C6H10OS/c1-4-3-6(7)8-5(4)2/h4-5H,3H2,1-2H3. The van der Waals surface area contributed by atoms with Gasteiger partial charge in [-0.3, -0.25) is 4.79 Å². The molecular formula is C6H10OS. The Balaban J connectivity index is 2.51. The van der Waals surface area contributed by atoms with Gasteiger partial charge in [-0.15, -0.1) is 0 Å². The van der Waals surface area contributed by atoms with Crippen molar-refractivity contribution < 1.29 is 4.79 Å². The van der Waals surface area contributed by atoms with Crippen LogP contribution in [0, 0.1) is 5.92 Å². The maximum atomic E-state index is 10.6. The second kappa shape index (κ2) is 2.09. The normalized spacial score (nSPS) is 38.5. The molecule has 2 heteroatoms. The molecule has 0 bridgehead atoms. The quantitative estimate of drug-likeness (QED) is 0.496. The zero-order valence-electron chi connectivity index (χ0n) is 5.18. The third-order valence-electron chi connectivity index (χ3n) is 1.61. The lowest BCUT2D eigenvalue weighted by Crippen LogP contribution is -2.00. The number of rotatable bonds is 0. The summed E-state index contributed by atoms with van der Waals surface area (Å²) in [7, 11) is 0. The number of carbonyl (C=O) groups is 1. The third kappa shape index (κ3) is 1.05. The van der Waals surface area contributed by atoms with Crippen molar-refractivity contribution in [2.45, 2.75) is 25.5 Å². The van der Waals surface area contributed by atoms with Crippen LogP contribution in [0.2, 0.25) is 0 Å². The molecule has 0 saturated carbocycles. The van der Waals surface area contributed by atoms with Gasteiger partial charge in [-0.05, 0) is 5.92 Å². The molecule has 1 nitrogen and oxygen atoms in total. The van der Waals surface area contributed by atoms with Crippen LogP contribution in [0.3, 0.4) is 0 Å². The lowest BCUT2D eigenvalue weighted by atomic mass is 10.1. The molecule has 1 aliphatic rings. The van der Waals surface area contributed by atoms with Gasteiger partial charge in [0.15, 0.2) is 5.12 Å². The van der Waals surface area contributed by atoms with Gasteiger partial charge >= 0.3 is 0 Å². The highest BCUT2D eigenvalue weighted by Crippen LogP contribution is 2.32. The average molecular weight is 130 g/mol. The first-order chi connectivity index (χ1) is 3.70. The summed E-state index contributed by atoms with van der Waals surface area (Å²) in [5, 5.41) is 0.924. The largest absolute Gasteiger partial charge is 0.287 e. The molecule has 2 atom stereocenters. The minimum absolute atomic E-state index is 0.366. The van der Waals surface area contributed by atoms with Crippen LogP contribution in [0.1, 0.15) is 20.3 Å². The predicted molar refractivity (Wildman–Crippen MR) is 35.8 cm³/mol. The van der Waals surface area contributed by atoms with Gasteiger partial charge in [0.25, 0.3) is 0 Å². The van der Waals surface area contributed by atoms with Gasteiger partial charge in [0.2, 0.25) is 0 Å². The smallest absolute Gasteiger partial charge is 0.189 e. The van der Waals surface area contributed by atoms with Gasteiger partial charge in [0.05, 0.1) is 0 Å². The summed E-state index contributed by atoms with van der Waals surface area (Å²) in [6.07, 6.45) is 0.784. The van der Waals surface area contributed by atoms with Crippen LogP contribution in [0.4, 0.5) is 0 Å². The summed E-state index contributed by atoms with van der Waals surface area (Å²) in [5.41, 5.74) is 0. The van der Waals surface area contributed by atoms with Crippen molar-refractivity contribution in [3.05, 3.63) is 0 Å². The minimum atomic E-state index is 0.366. The molecule has 1 heterocycles. The van der Waals surface area contributed by atoms with E-state index in [0.717, 1.165) is 6.42 Å². The van der Waals surface area contributed by atoms with Crippen LogP contribution in [0.5, 0.6) is 0 Å². The number of carbonyl (C=O) groups excluding carboxylic acids is 1. The zero-order chi connectivity index (χ0) is 6.15. The van der Waals surface area contributed by atoms with Crippen molar-refractivity contribution in [1.29, 1.82) is 0 Å². The zero-order valence-corrected chi connectivity index (χ0v) is 5.99. The molecule has 1 aliphatic heterocycles. The molecule has 0 amide bonds. The Bertz CT molecular complexity index is 99.1. The number of thioether (sulfide) groups is 1. The van der Waals surface area contributed by atoms with Crippen molar-refractivity contribution in [3.63, 3.8) is 0 Å². The Kier molecular flexibility index (Phi) is 1.61. The Morgan fingerprint density at radius 3 is 2.38 bits per heavy atom. The topological polar surface area (TPSA) is 17.1 Å². The van der Waals surface area contributed by atoms with Crippen molar-refractivity contribution in [2.24, 2.45) is 5.92 Å². The van der Waals surface area contributed by atoms with Crippen LogP contribution >= 0.6 is 11.8 Å². The van der Waals surface area contributed by atoms with Crippen LogP contribution < -0.4 is 0 Å². The average Bonchev–Trinajstić information content (AvgIpc) is 1.85. The molecule has 0 aromatic rings. The van der Waals surface area contributed by atoms with Gasteiger partial charge in [-0.2, -0.15) is 0 Å². The fourth-order valence-electron chi connectivity index (χ4n) is 0.800. The maximum absolute atomic E-state index is 10.6. The second-order valence-electron chi connectivity index (χ2n) is 2.38. The van der Waals surface area contributed by atoms with E-state index in [4.69, 9.17) is 0 Å². The molecule has 0 radical (unpaired) electrons. The van der Waals surface area contributed by atoms with Gasteiger partial charge < -0.3 is 0 Å². The van der Waals surface area contributed by atoms with Gasteiger partial charge in [0.1, 0.15) is 0 Å².